The summed E-state index contributed by atoms with van der Waals surface area (Å²) >= 11 is 0. The number of rotatable bonds is 10. The van der Waals surface area contributed by atoms with Gasteiger partial charge in [-0.25, -0.2) is 9.37 Å². The summed E-state index contributed by atoms with van der Waals surface area (Å²) < 4.78 is 21.7. The van der Waals surface area contributed by atoms with Gasteiger partial charge in [-0.15, -0.1) is 0 Å². The average molecular weight is 485 g/mol. The zero-order valence-corrected chi connectivity index (χ0v) is 20.1. The molecular weight excluding hydrogens is 451 g/mol. The zero-order chi connectivity index (χ0) is 24.9. The molecule has 1 aromatic carbocycles. The Hall–Kier alpha value is -3.44. The molecule has 0 saturated heterocycles. The molecule has 3 aromatic rings. The van der Waals surface area contributed by atoms with Crippen molar-refractivity contribution in [3.63, 3.8) is 0 Å². The van der Waals surface area contributed by atoms with Crippen LogP contribution in [0.15, 0.2) is 24.3 Å². The molecule has 10 nitrogen and oxygen atoms in total. The number of carbonyl (C=O) groups is 1. The summed E-state index contributed by atoms with van der Waals surface area (Å²) in [6.45, 7) is 1.36. The smallest absolute Gasteiger partial charge is 0.252 e. The maximum absolute atomic E-state index is 14.8. The summed E-state index contributed by atoms with van der Waals surface area (Å²) in [5, 5.41) is 15.0. The number of carbonyl (C=O) groups excluding carboxylic acids is 1. The third-order valence-electron chi connectivity index (χ3n) is 6.31. The second-order valence-electron chi connectivity index (χ2n) is 8.88. The molecule has 1 amide bonds. The van der Waals surface area contributed by atoms with Crippen molar-refractivity contribution in [1.29, 1.82) is 0 Å². The van der Waals surface area contributed by atoms with Crippen LogP contribution in [0.3, 0.4) is 0 Å². The highest BCUT2D eigenvalue weighted by Gasteiger charge is 2.24. The van der Waals surface area contributed by atoms with Crippen molar-refractivity contribution in [3.8, 4) is 0 Å². The van der Waals surface area contributed by atoms with Crippen LogP contribution in [0.1, 0.15) is 42.5 Å². The molecule has 0 bridgehead atoms. The minimum absolute atomic E-state index is 0.0369. The average Bonchev–Trinajstić information content (AvgIpc) is 3.14. The standard InChI is InChI=1S/C24H33FN8O2/c1-33-20-9-8-14(12-15(20)22(32-33)28-10-5-11-35-2)29-23-16(21(27)34)13-17(25)24(31-23)30-19-7-4-3-6-18(19)26/h8-9,12-13,18-19H,3-7,10-11,26H2,1-2H3,(H2,27,34)(H,28,32)(H2,29,30,31)/t18-,19+/m0/s1. The number of amides is 1. The number of nitrogens with two attached hydrogens (primary N) is 2. The number of pyridine rings is 1. The maximum Gasteiger partial charge on any atom is 0.252 e. The second kappa shape index (κ2) is 10.9. The van der Waals surface area contributed by atoms with Gasteiger partial charge >= 0.3 is 0 Å². The highest BCUT2D eigenvalue weighted by molar-refractivity contribution is 5.99. The number of hydrogen-bond donors (Lipinski definition) is 5. The Balaban J connectivity index is 1.62. The molecule has 2 aromatic heterocycles. The molecule has 1 aliphatic carbocycles. The van der Waals surface area contributed by atoms with Crippen molar-refractivity contribution in [2.75, 3.05) is 36.2 Å². The number of primary amides is 1. The Morgan fingerprint density at radius 3 is 2.77 bits per heavy atom. The van der Waals surface area contributed by atoms with E-state index in [9.17, 15) is 9.18 Å². The van der Waals surface area contributed by atoms with Gasteiger partial charge in [-0.05, 0) is 43.5 Å². The van der Waals surface area contributed by atoms with Crippen molar-refractivity contribution in [1.82, 2.24) is 14.8 Å². The fraction of sp³-hybridized carbons (Fsp3) is 0.458. The molecule has 2 atom stereocenters. The fourth-order valence-electron chi connectivity index (χ4n) is 4.42. The van der Waals surface area contributed by atoms with Crippen LogP contribution in [0.2, 0.25) is 0 Å². The first-order valence-electron chi connectivity index (χ1n) is 11.9. The lowest BCUT2D eigenvalue weighted by Crippen LogP contribution is -2.43. The number of fused-ring (bicyclic) bond motifs is 1. The van der Waals surface area contributed by atoms with Crippen molar-refractivity contribution in [2.45, 2.75) is 44.2 Å². The number of anilines is 4. The van der Waals surface area contributed by atoms with E-state index in [1.54, 1.807) is 11.8 Å². The number of nitrogens with one attached hydrogen (secondary N) is 3. The van der Waals surface area contributed by atoms with Gasteiger partial charge in [0.2, 0.25) is 0 Å². The lowest BCUT2D eigenvalue weighted by molar-refractivity contribution is 0.100. The molecule has 0 unspecified atom stereocenters. The third-order valence-corrected chi connectivity index (χ3v) is 6.31. The van der Waals surface area contributed by atoms with Gasteiger partial charge in [-0.1, -0.05) is 12.8 Å². The van der Waals surface area contributed by atoms with Crippen molar-refractivity contribution in [3.05, 3.63) is 35.6 Å². The van der Waals surface area contributed by atoms with E-state index in [1.807, 2.05) is 25.2 Å². The van der Waals surface area contributed by atoms with Crippen molar-refractivity contribution >= 4 is 40.0 Å². The largest absolute Gasteiger partial charge is 0.385 e. The summed E-state index contributed by atoms with van der Waals surface area (Å²) in [7, 11) is 3.54. The highest BCUT2D eigenvalue weighted by Crippen LogP contribution is 2.30. The van der Waals surface area contributed by atoms with Crippen LogP contribution in [0.25, 0.3) is 10.9 Å². The Bertz CT molecular complexity index is 1200. The number of ether oxygens (including phenoxy) is 1. The molecule has 7 N–H and O–H groups in total. The van der Waals surface area contributed by atoms with E-state index >= 15 is 0 Å². The quantitative estimate of drug-likeness (QED) is 0.276. The summed E-state index contributed by atoms with van der Waals surface area (Å²) in [6.07, 6.45) is 4.62. The van der Waals surface area contributed by atoms with E-state index in [-0.39, 0.29) is 29.3 Å². The van der Waals surface area contributed by atoms with Gasteiger partial charge in [-0.2, -0.15) is 5.10 Å². The van der Waals surface area contributed by atoms with Crippen LogP contribution in [-0.4, -0.2) is 53.0 Å². The van der Waals surface area contributed by atoms with Gasteiger partial charge in [0, 0.05) is 50.5 Å². The van der Waals surface area contributed by atoms with Crippen molar-refractivity contribution in [2.24, 2.45) is 18.5 Å². The molecule has 2 heterocycles. The van der Waals surface area contributed by atoms with Gasteiger partial charge < -0.3 is 32.2 Å². The molecule has 0 radical (unpaired) electrons. The Morgan fingerprint density at radius 1 is 1.23 bits per heavy atom. The first-order valence-corrected chi connectivity index (χ1v) is 11.9. The summed E-state index contributed by atoms with van der Waals surface area (Å²) in [6, 6.07) is 6.61. The fourth-order valence-corrected chi connectivity index (χ4v) is 4.42. The highest BCUT2D eigenvalue weighted by atomic mass is 19.1. The van der Waals surface area contributed by atoms with E-state index in [0.717, 1.165) is 54.9 Å². The first-order chi connectivity index (χ1) is 16.9. The third kappa shape index (κ3) is 5.63. The summed E-state index contributed by atoms with van der Waals surface area (Å²) in [5.74, 6) is -0.473. The summed E-state index contributed by atoms with van der Waals surface area (Å²) in [5.41, 5.74) is 13.3. The van der Waals surface area contributed by atoms with E-state index in [4.69, 9.17) is 16.2 Å². The van der Waals surface area contributed by atoms with E-state index < -0.39 is 11.7 Å². The minimum atomic E-state index is -0.775. The van der Waals surface area contributed by atoms with Gasteiger partial charge in [-0.3, -0.25) is 9.48 Å². The molecule has 4 rings (SSSR count). The Morgan fingerprint density at radius 2 is 2.03 bits per heavy atom. The number of nitrogens with zero attached hydrogens (tertiary/aromatic N) is 3. The minimum Gasteiger partial charge on any atom is -0.385 e. The lowest BCUT2D eigenvalue weighted by atomic mass is 9.91. The molecule has 11 heteroatoms. The Kier molecular flexibility index (Phi) is 7.67. The van der Waals surface area contributed by atoms with Gasteiger partial charge in [0.05, 0.1) is 11.1 Å². The molecular formula is C24H33FN8O2. The van der Waals surface area contributed by atoms with Crippen LogP contribution in [0, 0.1) is 5.82 Å². The maximum atomic E-state index is 14.8. The predicted octanol–water partition coefficient (Wildman–Crippen LogP) is 3.08. The first kappa shape index (κ1) is 24.7. The van der Waals surface area contributed by atoms with Crippen LogP contribution in [0.5, 0.6) is 0 Å². The number of aromatic nitrogens is 3. The van der Waals surface area contributed by atoms with E-state index in [2.05, 4.69) is 26.0 Å². The summed E-state index contributed by atoms with van der Waals surface area (Å²) in [4.78, 5) is 16.5. The van der Waals surface area contributed by atoms with Crippen molar-refractivity contribution < 1.29 is 13.9 Å². The molecule has 188 valence electrons. The van der Waals surface area contributed by atoms with Crippen LogP contribution in [0.4, 0.5) is 27.5 Å². The molecule has 1 fully saturated rings. The predicted molar refractivity (Wildman–Crippen MR) is 136 cm³/mol. The topological polar surface area (TPSA) is 145 Å². The van der Waals surface area contributed by atoms with Crippen LogP contribution >= 0.6 is 0 Å². The van der Waals surface area contributed by atoms with E-state index in [1.165, 1.54) is 0 Å². The molecule has 1 aliphatic rings. The molecule has 35 heavy (non-hydrogen) atoms. The van der Waals surface area contributed by atoms with Gasteiger partial charge in [0.1, 0.15) is 5.82 Å². The molecule has 0 spiro atoms. The zero-order valence-electron chi connectivity index (χ0n) is 20.1. The number of aryl methyl sites for hydroxylation is 1. The normalized spacial score (nSPS) is 17.9. The number of methoxy groups -OCH3 is 1. The Labute approximate surface area is 203 Å². The number of halogens is 1. The number of benzene rings is 1. The number of hydrogen-bond acceptors (Lipinski definition) is 8. The van der Waals surface area contributed by atoms with Gasteiger partial charge in [0.15, 0.2) is 17.5 Å². The van der Waals surface area contributed by atoms with Crippen LogP contribution in [-0.2, 0) is 11.8 Å². The monoisotopic (exact) mass is 484 g/mol. The van der Waals surface area contributed by atoms with Gasteiger partial charge in [0.25, 0.3) is 5.91 Å². The second-order valence-corrected chi connectivity index (χ2v) is 8.88. The lowest BCUT2D eigenvalue weighted by Gasteiger charge is -2.30. The molecule has 1 saturated carbocycles. The SMILES string of the molecule is COCCCNc1nn(C)c2ccc(Nc3nc(N[C@@H]4CCCC[C@@H]4N)c(F)cc3C(N)=O)cc12. The molecule has 0 aliphatic heterocycles. The van der Waals surface area contributed by atoms with Crippen LogP contribution < -0.4 is 27.4 Å². The van der Waals surface area contributed by atoms with E-state index in [0.29, 0.717) is 18.8 Å².